The van der Waals surface area contributed by atoms with Gasteiger partial charge in [0.1, 0.15) is 17.1 Å². The average molecular weight is 388 g/mol. The van der Waals surface area contributed by atoms with Crippen molar-refractivity contribution in [3.05, 3.63) is 47.7 Å². The molecule has 1 aromatic heterocycles. The van der Waals surface area contributed by atoms with E-state index in [1.807, 2.05) is 18.2 Å². The van der Waals surface area contributed by atoms with Crippen molar-refractivity contribution in [3.8, 4) is 11.3 Å². The lowest BCUT2D eigenvalue weighted by Crippen LogP contribution is -2.29. The number of furan rings is 1. The summed E-state index contributed by atoms with van der Waals surface area (Å²) in [6, 6.07) is 10.5. The highest BCUT2D eigenvalue weighted by atomic mass is 16.6. The maximum atomic E-state index is 12.3. The summed E-state index contributed by atoms with van der Waals surface area (Å²) in [6.45, 7) is 5.49. The number of ether oxygens (including phenoxy) is 3. The monoisotopic (exact) mass is 388 g/mol. The van der Waals surface area contributed by atoms with E-state index in [0.29, 0.717) is 11.3 Å². The van der Waals surface area contributed by atoms with Gasteiger partial charge in [0, 0.05) is 12.0 Å². The molecule has 0 N–H and O–H groups in total. The van der Waals surface area contributed by atoms with E-state index in [4.69, 9.17) is 18.6 Å². The van der Waals surface area contributed by atoms with Gasteiger partial charge in [-0.1, -0.05) is 30.3 Å². The molecule has 0 saturated heterocycles. The van der Waals surface area contributed by atoms with Crippen LogP contribution in [0.4, 0.5) is 0 Å². The fourth-order valence-electron chi connectivity index (χ4n) is 2.66. The Morgan fingerprint density at radius 1 is 0.893 bits per heavy atom. The van der Waals surface area contributed by atoms with Crippen molar-refractivity contribution >= 4 is 17.9 Å². The van der Waals surface area contributed by atoms with Crippen LogP contribution in [-0.4, -0.2) is 37.7 Å². The molecule has 0 saturated carbocycles. The molecule has 150 valence electrons. The summed E-state index contributed by atoms with van der Waals surface area (Å²) in [5.74, 6) is -2.51. The first kappa shape index (κ1) is 21.2. The Kier molecular flexibility index (Phi) is 7.80. The fraction of sp³-hybridized carbons (Fsp3) is 0.381. The maximum Gasteiger partial charge on any atom is 0.342 e. The van der Waals surface area contributed by atoms with E-state index in [0.717, 1.165) is 0 Å². The largest absolute Gasteiger partial charge is 0.465 e. The second-order valence-electron chi connectivity index (χ2n) is 5.80. The Labute approximate surface area is 163 Å². The predicted molar refractivity (Wildman–Crippen MR) is 101 cm³/mol. The molecule has 1 aromatic carbocycles. The molecule has 7 heteroatoms. The quantitative estimate of drug-likeness (QED) is 0.369. The zero-order valence-corrected chi connectivity index (χ0v) is 16.2. The second-order valence-corrected chi connectivity index (χ2v) is 5.80. The highest BCUT2D eigenvalue weighted by molar-refractivity contribution is 5.97. The maximum absolute atomic E-state index is 12.3. The number of carbonyl (C=O) groups excluding carboxylic acids is 3. The number of rotatable bonds is 9. The molecule has 0 unspecified atom stereocenters. The van der Waals surface area contributed by atoms with Crippen molar-refractivity contribution in [2.75, 3.05) is 19.8 Å². The van der Waals surface area contributed by atoms with E-state index in [1.54, 1.807) is 32.9 Å². The van der Waals surface area contributed by atoms with Gasteiger partial charge in [-0.05, 0) is 26.8 Å². The molecule has 0 aliphatic heterocycles. The summed E-state index contributed by atoms with van der Waals surface area (Å²) < 4.78 is 20.9. The van der Waals surface area contributed by atoms with Gasteiger partial charge in [-0.25, -0.2) is 4.79 Å². The van der Waals surface area contributed by atoms with E-state index >= 15 is 0 Å². The normalized spacial score (nSPS) is 10.6. The molecule has 28 heavy (non-hydrogen) atoms. The van der Waals surface area contributed by atoms with Gasteiger partial charge >= 0.3 is 17.9 Å². The Hall–Kier alpha value is -3.09. The third-order valence-electron chi connectivity index (χ3n) is 3.86. The lowest BCUT2D eigenvalue weighted by molar-refractivity contribution is -0.161. The zero-order chi connectivity index (χ0) is 20.5. The molecule has 1 heterocycles. The molecular weight excluding hydrogens is 364 g/mol. The topological polar surface area (TPSA) is 92.0 Å². The molecular formula is C21H24O7. The van der Waals surface area contributed by atoms with Crippen molar-refractivity contribution in [1.29, 1.82) is 0 Å². The van der Waals surface area contributed by atoms with E-state index < -0.39 is 23.8 Å². The number of benzene rings is 1. The first-order valence-electron chi connectivity index (χ1n) is 9.20. The third-order valence-corrected chi connectivity index (χ3v) is 3.86. The molecule has 0 bridgehead atoms. The van der Waals surface area contributed by atoms with Crippen LogP contribution in [0.25, 0.3) is 11.3 Å². The van der Waals surface area contributed by atoms with Crippen molar-refractivity contribution in [1.82, 2.24) is 0 Å². The third kappa shape index (κ3) is 5.22. The summed E-state index contributed by atoms with van der Waals surface area (Å²) >= 11 is 0. The Morgan fingerprint density at radius 3 is 2.00 bits per heavy atom. The molecule has 2 aromatic rings. The van der Waals surface area contributed by atoms with Crippen LogP contribution < -0.4 is 0 Å². The number of hydrogen-bond acceptors (Lipinski definition) is 7. The first-order valence-corrected chi connectivity index (χ1v) is 9.20. The number of hydrogen-bond donors (Lipinski definition) is 0. The standard InChI is InChI=1S/C21H24O7/c1-4-25-19(22)16-12-15(28-18(16)14-10-8-7-9-11-14)13-17(20(23)26-5-2)21(24)27-6-3/h7-12,17H,4-6,13H2,1-3H3. The highest BCUT2D eigenvalue weighted by Crippen LogP contribution is 2.29. The molecule has 0 fully saturated rings. The molecule has 0 amide bonds. The summed E-state index contributed by atoms with van der Waals surface area (Å²) in [5, 5.41) is 0. The zero-order valence-electron chi connectivity index (χ0n) is 16.2. The summed E-state index contributed by atoms with van der Waals surface area (Å²) in [7, 11) is 0. The van der Waals surface area contributed by atoms with Gasteiger partial charge < -0.3 is 18.6 Å². The number of esters is 3. The summed E-state index contributed by atoms with van der Waals surface area (Å²) in [5.41, 5.74) is 0.912. The minimum Gasteiger partial charge on any atom is -0.465 e. The van der Waals surface area contributed by atoms with E-state index in [1.165, 1.54) is 6.07 Å². The van der Waals surface area contributed by atoms with Gasteiger partial charge in [0.2, 0.25) is 0 Å². The van der Waals surface area contributed by atoms with Crippen LogP contribution in [0.2, 0.25) is 0 Å². The van der Waals surface area contributed by atoms with Crippen LogP contribution in [0.3, 0.4) is 0 Å². The van der Waals surface area contributed by atoms with Crippen LogP contribution in [0, 0.1) is 5.92 Å². The van der Waals surface area contributed by atoms with E-state index in [2.05, 4.69) is 0 Å². The number of carbonyl (C=O) groups is 3. The second kappa shape index (κ2) is 10.3. The van der Waals surface area contributed by atoms with Gasteiger partial charge in [0.15, 0.2) is 5.92 Å². The van der Waals surface area contributed by atoms with Gasteiger partial charge in [-0.15, -0.1) is 0 Å². The smallest absolute Gasteiger partial charge is 0.342 e. The minimum atomic E-state index is -1.18. The van der Waals surface area contributed by atoms with E-state index in [9.17, 15) is 14.4 Å². The minimum absolute atomic E-state index is 0.0864. The van der Waals surface area contributed by atoms with Crippen LogP contribution in [-0.2, 0) is 30.2 Å². The molecule has 7 nitrogen and oxygen atoms in total. The van der Waals surface area contributed by atoms with Crippen LogP contribution in [0.1, 0.15) is 36.9 Å². The Balaban J connectivity index is 2.39. The average Bonchev–Trinajstić information content (AvgIpc) is 3.11. The fourth-order valence-corrected chi connectivity index (χ4v) is 2.66. The van der Waals surface area contributed by atoms with Crippen LogP contribution in [0.5, 0.6) is 0 Å². The van der Waals surface area contributed by atoms with Crippen molar-refractivity contribution < 1.29 is 33.0 Å². The molecule has 0 radical (unpaired) electrons. The van der Waals surface area contributed by atoms with Gasteiger partial charge in [0.25, 0.3) is 0 Å². The van der Waals surface area contributed by atoms with Gasteiger partial charge in [-0.2, -0.15) is 0 Å². The van der Waals surface area contributed by atoms with Gasteiger partial charge in [0.05, 0.1) is 19.8 Å². The predicted octanol–water partition coefficient (Wildman–Crippen LogP) is 3.41. The van der Waals surface area contributed by atoms with Crippen molar-refractivity contribution in [3.63, 3.8) is 0 Å². The summed E-state index contributed by atoms with van der Waals surface area (Å²) in [6.07, 6.45) is -0.0864. The van der Waals surface area contributed by atoms with Crippen molar-refractivity contribution in [2.24, 2.45) is 5.92 Å². The lowest BCUT2D eigenvalue weighted by atomic mass is 10.0. The Morgan fingerprint density at radius 2 is 1.46 bits per heavy atom. The van der Waals surface area contributed by atoms with E-state index in [-0.39, 0.29) is 37.6 Å². The molecule has 0 aliphatic carbocycles. The van der Waals surface area contributed by atoms with Crippen LogP contribution in [0.15, 0.2) is 40.8 Å². The summed E-state index contributed by atoms with van der Waals surface area (Å²) in [4.78, 5) is 36.8. The molecule has 0 aliphatic rings. The van der Waals surface area contributed by atoms with Crippen LogP contribution >= 0.6 is 0 Å². The SMILES string of the molecule is CCOC(=O)c1cc(CC(C(=O)OCC)C(=O)OCC)oc1-c1ccccc1. The first-order chi connectivity index (χ1) is 13.5. The lowest BCUT2D eigenvalue weighted by Gasteiger charge is -2.13. The van der Waals surface area contributed by atoms with Crippen molar-refractivity contribution in [2.45, 2.75) is 27.2 Å². The van der Waals surface area contributed by atoms with Gasteiger partial charge in [-0.3, -0.25) is 9.59 Å². The Bertz CT molecular complexity index is 789. The molecule has 2 rings (SSSR count). The molecule has 0 atom stereocenters. The molecule has 0 spiro atoms. The highest BCUT2D eigenvalue weighted by Gasteiger charge is 2.32.